The van der Waals surface area contributed by atoms with E-state index in [9.17, 15) is 14.7 Å². The van der Waals surface area contributed by atoms with Crippen LogP contribution in [0.1, 0.15) is 18.5 Å². The van der Waals surface area contributed by atoms with Crippen molar-refractivity contribution in [2.24, 2.45) is 0 Å². The van der Waals surface area contributed by atoms with E-state index in [1.807, 2.05) is 0 Å². The second-order valence-corrected chi connectivity index (χ2v) is 6.78. The van der Waals surface area contributed by atoms with E-state index in [1.165, 1.54) is 11.8 Å². The van der Waals surface area contributed by atoms with Crippen molar-refractivity contribution in [2.75, 3.05) is 4.90 Å². The summed E-state index contributed by atoms with van der Waals surface area (Å²) >= 11 is 9.28. The highest BCUT2D eigenvalue weighted by atomic mass is 79.9. The molecule has 6 heteroatoms. The van der Waals surface area contributed by atoms with Crippen LogP contribution in [0.3, 0.4) is 0 Å². The molecule has 1 N–H and O–H groups in total. The molecule has 1 heterocycles. The fourth-order valence-corrected chi connectivity index (χ4v) is 3.18. The van der Waals surface area contributed by atoms with Gasteiger partial charge in [-0.3, -0.25) is 14.5 Å². The summed E-state index contributed by atoms with van der Waals surface area (Å²) in [6, 6.07) is 13.3. The number of aliphatic hydroxyl groups is 1. The molecule has 24 heavy (non-hydrogen) atoms. The minimum absolute atomic E-state index is 0.0882. The molecule has 0 bridgehead atoms. The average Bonchev–Trinajstić information content (AvgIpc) is 2.81. The monoisotopic (exact) mass is 405 g/mol. The smallest absolute Gasteiger partial charge is 0.294 e. The Balaban J connectivity index is 2.16. The number of amides is 1. The van der Waals surface area contributed by atoms with Crippen molar-refractivity contribution in [3.8, 4) is 0 Å². The molecule has 1 atom stereocenters. The molecule has 2 aromatic carbocycles. The molecular formula is C18H13BrClNO3. The van der Waals surface area contributed by atoms with Gasteiger partial charge in [0.25, 0.3) is 5.91 Å². The third kappa shape index (κ3) is 2.85. The number of rotatable bonds is 3. The largest absolute Gasteiger partial charge is 0.503 e. The summed E-state index contributed by atoms with van der Waals surface area (Å²) in [6.45, 7) is 1.34. The number of hydrogen-bond donors (Lipinski definition) is 1. The molecule has 0 unspecified atom stereocenters. The van der Waals surface area contributed by atoms with Gasteiger partial charge in [0, 0.05) is 15.2 Å². The Kier molecular flexibility index (Phi) is 4.47. The molecule has 0 aromatic heterocycles. The van der Waals surface area contributed by atoms with Gasteiger partial charge in [-0.05, 0) is 48.9 Å². The van der Waals surface area contributed by atoms with Gasteiger partial charge in [-0.1, -0.05) is 39.7 Å². The molecule has 4 nitrogen and oxygen atoms in total. The molecular weight excluding hydrogens is 394 g/mol. The minimum atomic E-state index is -0.687. The van der Waals surface area contributed by atoms with Crippen LogP contribution in [0.4, 0.5) is 5.69 Å². The topological polar surface area (TPSA) is 57.6 Å². The summed E-state index contributed by atoms with van der Waals surface area (Å²) in [5, 5.41) is 10.8. The van der Waals surface area contributed by atoms with Crippen LogP contribution >= 0.6 is 27.5 Å². The molecule has 1 aliphatic heterocycles. The Morgan fingerprint density at radius 3 is 2.25 bits per heavy atom. The Bertz CT molecular complexity index is 844. The highest BCUT2D eigenvalue weighted by molar-refractivity contribution is 9.10. The standard InChI is InChI=1S/C18H13BrClNO3/c1-10(22)15-16(11-2-6-13(20)7-3-11)21(18(24)17(15)23)14-8-4-12(19)5-9-14/h2-9,16,23H,1H3/t16-/m1/s1. The summed E-state index contributed by atoms with van der Waals surface area (Å²) < 4.78 is 0.866. The van der Waals surface area contributed by atoms with E-state index in [-0.39, 0.29) is 11.4 Å². The van der Waals surface area contributed by atoms with Crippen LogP contribution < -0.4 is 4.90 Å². The van der Waals surface area contributed by atoms with Gasteiger partial charge >= 0.3 is 0 Å². The first-order valence-corrected chi connectivity index (χ1v) is 8.36. The number of carbonyl (C=O) groups is 2. The summed E-state index contributed by atoms with van der Waals surface area (Å²) in [5.74, 6) is -1.45. The molecule has 0 saturated heterocycles. The van der Waals surface area contributed by atoms with Crippen molar-refractivity contribution in [3.63, 3.8) is 0 Å². The van der Waals surface area contributed by atoms with E-state index in [0.29, 0.717) is 16.3 Å². The fraction of sp³-hybridized carbons (Fsp3) is 0.111. The summed E-state index contributed by atoms with van der Waals surface area (Å²) in [5.41, 5.74) is 1.38. The predicted octanol–water partition coefficient (Wildman–Crippen LogP) is 4.59. The van der Waals surface area contributed by atoms with Crippen LogP contribution in [0.5, 0.6) is 0 Å². The first-order valence-electron chi connectivity index (χ1n) is 7.19. The van der Waals surface area contributed by atoms with Crippen LogP contribution in [0.25, 0.3) is 0 Å². The lowest BCUT2D eigenvalue weighted by Gasteiger charge is -2.26. The van der Waals surface area contributed by atoms with Gasteiger partial charge in [-0.25, -0.2) is 0 Å². The van der Waals surface area contributed by atoms with Gasteiger partial charge in [0.05, 0.1) is 11.6 Å². The highest BCUT2D eigenvalue weighted by Crippen LogP contribution is 2.41. The maximum atomic E-state index is 12.6. The molecule has 0 fully saturated rings. The zero-order chi connectivity index (χ0) is 17.4. The number of benzene rings is 2. The number of anilines is 1. The molecule has 1 amide bonds. The summed E-state index contributed by atoms with van der Waals surface area (Å²) in [6.07, 6.45) is 0. The number of Topliss-reactive ketones (excluding diaryl/α,β-unsaturated/α-hetero) is 1. The lowest BCUT2D eigenvalue weighted by atomic mass is 9.96. The molecule has 0 spiro atoms. The third-order valence-corrected chi connectivity index (χ3v) is 4.66. The van der Waals surface area contributed by atoms with E-state index in [4.69, 9.17) is 11.6 Å². The van der Waals surface area contributed by atoms with Crippen LogP contribution in [0.15, 0.2) is 64.3 Å². The van der Waals surface area contributed by atoms with Crippen molar-refractivity contribution >= 4 is 44.9 Å². The third-order valence-electron chi connectivity index (χ3n) is 3.88. The van der Waals surface area contributed by atoms with Crippen LogP contribution in [-0.4, -0.2) is 16.8 Å². The molecule has 0 radical (unpaired) electrons. The highest BCUT2D eigenvalue weighted by Gasteiger charge is 2.43. The molecule has 122 valence electrons. The van der Waals surface area contributed by atoms with Gasteiger partial charge in [-0.15, -0.1) is 0 Å². The van der Waals surface area contributed by atoms with Gasteiger partial charge < -0.3 is 5.11 Å². The van der Waals surface area contributed by atoms with Crippen molar-refractivity contribution in [3.05, 3.63) is 74.9 Å². The molecule has 3 rings (SSSR count). The van der Waals surface area contributed by atoms with Crippen LogP contribution in [0.2, 0.25) is 5.02 Å². The Morgan fingerprint density at radius 1 is 1.12 bits per heavy atom. The SMILES string of the molecule is CC(=O)C1=C(O)C(=O)N(c2ccc(Br)cc2)[C@@H]1c1ccc(Cl)cc1. The van der Waals surface area contributed by atoms with Crippen molar-refractivity contribution in [1.82, 2.24) is 0 Å². The second-order valence-electron chi connectivity index (χ2n) is 5.42. The van der Waals surface area contributed by atoms with Gasteiger partial charge in [0.15, 0.2) is 11.5 Å². The van der Waals surface area contributed by atoms with Gasteiger partial charge in [0.2, 0.25) is 0 Å². The fourth-order valence-electron chi connectivity index (χ4n) is 2.79. The Hall–Kier alpha value is -2.11. The first-order chi connectivity index (χ1) is 11.4. The number of hydrogen-bond acceptors (Lipinski definition) is 3. The number of halogens is 2. The quantitative estimate of drug-likeness (QED) is 0.811. The van der Waals surface area contributed by atoms with Gasteiger partial charge in [-0.2, -0.15) is 0 Å². The molecule has 0 saturated carbocycles. The normalized spacial score (nSPS) is 17.5. The Morgan fingerprint density at radius 2 is 1.71 bits per heavy atom. The summed E-state index contributed by atoms with van der Waals surface area (Å²) in [7, 11) is 0. The summed E-state index contributed by atoms with van der Waals surface area (Å²) in [4.78, 5) is 26.1. The average molecular weight is 407 g/mol. The van der Waals surface area contributed by atoms with E-state index < -0.39 is 17.7 Å². The zero-order valence-electron chi connectivity index (χ0n) is 12.7. The zero-order valence-corrected chi connectivity index (χ0v) is 15.0. The first kappa shape index (κ1) is 16.7. The minimum Gasteiger partial charge on any atom is -0.503 e. The van der Waals surface area contributed by atoms with Crippen molar-refractivity contribution < 1.29 is 14.7 Å². The Labute approximate surface area is 152 Å². The predicted molar refractivity (Wildman–Crippen MR) is 96.2 cm³/mol. The maximum Gasteiger partial charge on any atom is 0.294 e. The number of nitrogens with zero attached hydrogens (tertiary/aromatic N) is 1. The van der Waals surface area contributed by atoms with Crippen molar-refractivity contribution in [2.45, 2.75) is 13.0 Å². The number of carbonyl (C=O) groups excluding carboxylic acids is 2. The van der Waals surface area contributed by atoms with E-state index in [0.717, 1.165) is 4.47 Å². The lowest BCUT2D eigenvalue weighted by molar-refractivity contribution is -0.117. The van der Waals surface area contributed by atoms with Crippen LogP contribution in [0, 0.1) is 0 Å². The number of aliphatic hydroxyl groups excluding tert-OH is 1. The molecule has 0 aliphatic carbocycles. The number of ketones is 1. The van der Waals surface area contributed by atoms with Gasteiger partial charge in [0.1, 0.15) is 0 Å². The second kappa shape index (κ2) is 6.42. The lowest BCUT2D eigenvalue weighted by Crippen LogP contribution is -2.30. The maximum absolute atomic E-state index is 12.6. The molecule has 1 aliphatic rings. The molecule has 2 aromatic rings. The van der Waals surface area contributed by atoms with E-state index in [2.05, 4.69) is 15.9 Å². The van der Waals surface area contributed by atoms with Crippen molar-refractivity contribution in [1.29, 1.82) is 0 Å². The van der Waals surface area contributed by atoms with Crippen LogP contribution in [-0.2, 0) is 9.59 Å². The van der Waals surface area contributed by atoms with E-state index in [1.54, 1.807) is 48.5 Å². The van der Waals surface area contributed by atoms with E-state index >= 15 is 0 Å².